The maximum Gasteiger partial charge on any atom is 0.254 e. The van der Waals surface area contributed by atoms with Crippen LogP contribution in [-0.4, -0.2) is 28.6 Å². The number of halogens is 1. The minimum atomic E-state index is -0.605. The normalized spacial score (nSPS) is 20.0. The highest BCUT2D eigenvalue weighted by atomic mass is 19.1. The zero-order valence-corrected chi connectivity index (χ0v) is 13.0. The number of carbonyl (C=O) groups is 1. The van der Waals surface area contributed by atoms with Gasteiger partial charge in [0.15, 0.2) is 0 Å². The number of hydrogen-bond acceptors (Lipinski definition) is 3. The molecule has 4 nitrogen and oxygen atoms in total. The number of nitriles is 1. The van der Waals surface area contributed by atoms with Crippen LogP contribution in [0.5, 0.6) is 0 Å². The summed E-state index contributed by atoms with van der Waals surface area (Å²) in [6.07, 6.45) is 0.0618. The van der Waals surface area contributed by atoms with Gasteiger partial charge in [0.25, 0.3) is 5.91 Å². The summed E-state index contributed by atoms with van der Waals surface area (Å²) in [5, 5.41) is 18.8. The van der Waals surface area contributed by atoms with Crippen LogP contribution in [0.2, 0.25) is 0 Å². The number of aliphatic hydroxyl groups excluding tert-OH is 1. The molecule has 1 N–H and O–H groups in total. The molecule has 0 spiro atoms. The van der Waals surface area contributed by atoms with Crippen molar-refractivity contribution in [2.45, 2.75) is 25.0 Å². The number of rotatable bonds is 3. The summed E-state index contributed by atoms with van der Waals surface area (Å²) in [5.74, 6) is -0.528. The maximum atomic E-state index is 13.1. The van der Waals surface area contributed by atoms with E-state index in [1.165, 1.54) is 12.1 Å². The van der Waals surface area contributed by atoms with Gasteiger partial charge in [-0.05, 0) is 41.8 Å². The summed E-state index contributed by atoms with van der Waals surface area (Å²) < 4.78 is 13.1. The maximum absolute atomic E-state index is 13.1. The smallest absolute Gasteiger partial charge is 0.254 e. The molecule has 1 fully saturated rings. The summed E-state index contributed by atoms with van der Waals surface area (Å²) in [6, 6.07) is 14.7. The minimum Gasteiger partial charge on any atom is -0.391 e. The largest absolute Gasteiger partial charge is 0.391 e. The molecule has 2 aromatic carbocycles. The number of nitrogens with zero attached hydrogens (tertiary/aromatic N) is 2. The van der Waals surface area contributed by atoms with E-state index in [0.717, 1.165) is 11.1 Å². The highest BCUT2D eigenvalue weighted by molar-refractivity contribution is 5.95. The third-order valence-electron chi connectivity index (χ3n) is 4.25. The fraction of sp³-hybridized carbons (Fsp3) is 0.263. The first-order valence-electron chi connectivity index (χ1n) is 7.79. The molecule has 1 aliphatic rings. The van der Waals surface area contributed by atoms with E-state index in [4.69, 9.17) is 5.26 Å². The van der Waals surface area contributed by atoms with Gasteiger partial charge in [0.2, 0.25) is 0 Å². The lowest BCUT2D eigenvalue weighted by atomic mass is 10.0. The Balaban J connectivity index is 1.88. The van der Waals surface area contributed by atoms with E-state index >= 15 is 0 Å². The molecule has 0 aromatic heterocycles. The third-order valence-corrected chi connectivity index (χ3v) is 4.25. The number of aliphatic hydroxyl groups is 1. The quantitative estimate of drug-likeness (QED) is 0.944. The SMILES string of the molecule is N#CCc1cccc(C(=O)N2C[C@@H](O)C[C@H]2c2ccc(F)cc2)c1. The van der Waals surface area contributed by atoms with Crippen LogP contribution in [0.3, 0.4) is 0 Å². The zero-order chi connectivity index (χ0) is 17.1. The molecule has 1 aliphatic heterocycles. The van der Waals surface area contributed by atoms with E-state index in [2.05, 4.69) is 6.07 Å². The van der Waals surface area contributed by atoms with Crippen LogP contribution in [0.25, 0.3) is 0 Å². The average molecular weight is 324 g/mol. The van der Waals surface area contributed by atoms with Crippen molar-refractivity contribution in [2.75, 3.05) is 6.54 Å². The molecule has 5 heteroatoms. The zero-order valence-electron chi connectivity index (χ0n) is 13.0. The van der Waals surface area contributed by atoms with Crippen LogP contribution in [0.15, 0.2) is 48.5 Å². The standard InChI is InChI=1S/C19H17FN2O2/c20-16-6-4-14(5-7-16)18-11-17(23)12-22(18)19(24)15-3-1-2-13(10-15)8-9-21/h1-7,10,17-18,23H,8,11-12H2/t17-,18-/m0/s1. The molecule has 1 heterocycles. The average Bonchev–Trinajstić information content (AvgIpc) is 2.97. The Kier molecular flexibility index (Phi) is 4.59. The van der Waals surface area contributed by atoms with Crippen LogP contribution in [0.1, 0.15) is 33.9 Å². The molecule has 3 rings (SSSR count). The highest BCUT2D eigenvalue weighted by Gasteiger charge is 2.35. The van der Waals surface area contributed by atoms with Crippen molar-refractivity contribution in [3.8, 4) is 6.07 Å². The van der Waals surface area contributed by atoms with E-state index in [9.17, 15) is 14.3 Å². The molecular weight excluding hydrogens is 307 g/mol. The van der Waals surface area contributed by atoms with Crippen molar-refractivity contribution in [3.05, 3.63) is 71.0 Å². The fourth-order valence-corrected chi connectivity index (χ4v) is 3.11. The first-order chi connectivity index (χ1) is 11.6. The van der Waals surface area contributed by atoms with Gasteiger partial charge in [-0.1, -0.05) is 24.3 Å². The van der Waals surface area contributed by atoms with Crippen LogP contribution in [-0.2, 0) is 6.42 Å². The number of hydrogen-bond donors (Lipinski definition) is 1. The van der Waals surface area contributed by atoms with Gasteiger partial charge >= 0.3 is 0 Å². The van der Waals surface area contributed by atoms with Crippen molar-refractivity contribution >= 4 is 5.91 Å². The van der Waals surface area contributed by atoms with Crippen molar-refractivity contribution in [2.24, 2.45) is 0 Å². The lowest BCUT2D eigenvalue weighted by molar-refractivity contribution is 0.0715. The predicted molar refractivity (Wildman–Crippen MR) is 86.6 cm³/mol. The number of β-amino-alcohol motifs (C(OH)–C–C–N with tert-alkyl or cyclic N) is 1. The summed E-state index contributed by atoms with van der Waals surface area (Å²) >= 11 is 0. The van der Waals surface area contributed by atoms with Gasteiger partial charge < -0.3 is 10.0 Å². The molecule has 0 unspecified atom stereocenters. The fourth-order valence-electron chi connectivity index (χ4n) is 3.11. The van der Waals surface area contributed by atoms with E-state index in [1.54, 1.807) is 41.3 Å². The number of amides is 1. The van der Waals surface area contributed by atoms with Gasteiger partial charge in [-0.25, -0.2) is 4.39 Å². The molecular formula is C19H17FN2O2. The number of benzene rings is 2. The Morgan fingerprint density at radius 2 is 2.04 bits per heavy atom. The van der Waals surface area contributed by atoms with Crippen LogP contribution < -0.4 is 0 Å². The molecule has 2 atom stereocenters. The predicted octanol–water partition coefficient (Wildman–Crippen LogP) is 2.84. The Labute approximate surface area is 139 Å². The van der Waals surface area contributed by atoms with Crippen LogP contribution in [0.4, 0.5) is 4.39 Å². The summed E-state index contributed by atoms with van der Waals surface area (Å²) in [5.41, 5.74) is 2.07. The topological polar surface area (TPSA) is 64.3 Å². The van der Waals surface area contributed by atoms with Crippen molar-refractivity contribution in [1.82, 2.24) is 4.90 Å². The number of carbonyl (C=O) groups excluding carboxylic acids is 1. The summed E-state index contributed by atoms with van der Waals surface area (Å²) in [4.78, 5) is 14.5. The van der Waals surface area contributed by atoms with Crippen molar-refractivity contribution in [1.29, 1.82) is 5.26 Å². The molecule has 2 aromatic rings. The lowest BCUT2D eigenvalue weighted by Crippen LogP contribution is -2.31. The van der Waals surface area contributed by atoms with Crippen LogP contribution in [0, 0.1) is 17.1 Å². The van der Waals surface area contributed by atoms with E-state index in [1.807, 2.05) is 0 Å². The second-order valence-electron chi connectivity index (χ2n) is 5.95. The lowest BCUT2D eigenvalue weighted by Gasteiger charge is -2.25. The summed E-state index contributed by atoms with van der Waals surface area (Å²) in [7, 11) is 0. The van der Waals surface area contributed by atoms with Gasteiger partial charge in [-0.15, -0.1) is 0 Å². The van der Waals surface area contributed by atoms with Gasteiger partial charge in [0.05, 0.1) is 24.6 Å². The summed E-state index contributed by atoms with van der Waals surface area (Å²) in [6.45, 7) is 0.239. The van der Waals surface area contributed by atoms with Gasteiger partial charge in [0, 0.05) is 12.1 Å². The second kappa shape index (κ2) is 6.81. The Morgan fingerprint density at radius 1 is 1.29 bits per heavy atom. The third kappa shape index (κ3) is 3.29. The van der Waals surface area contributed by atoms with Crippen molar-refractivity contribution in [3.63, 3.8) is 0 Å². The Morgan fingerprint density at radius 3 is 2.75 bits per heavy atom. The first kappa shape index (κ1) is 16.2. The Bertz CT molecular complexity index is 783. The van der Waals surface area contributed by atoms with E-state index in [0.29, 0.717) is 12.0 Å². The van der Waals surface area contributed by atoms with Gasteiger partial charge in [-0.2, -0.15) is 5.26 Å². The molecule has 1 amide bonds. The van der Waals surface area contributed by atoms with E-state index in [-0.39, 0.29) is 30.7 Å². The minimum absolute atomic E-state index is 0.194. The first-order valence-corrected chi connectivity index (χ1v) is 7.79. The number of likely N-dealkylation sites (tertiary alicyclic amines) is 1. The molecule has 0 aliphatic carbocycles. The molecule has 0 radical (unpaired) electrons. The molecule has 24 heavy (non-hydrogen) atoms. The Hall–Kier alpha value is -2.71. The highest BCUT2D eigenvalue weighted by Crippen LogP contribution is 2.33. The van der Waals surface area contributed by atoms with Crippen LogP contribution >= 0.6 is 0 Å². The molecule has 122 valence electrons. The van der Waals surface area contributed by atoms with Gasteiger partial charge in [-0.3, -0.25) is 4.79 Å². The molecule has 1 saturated heterocycles. The van der Waals surface area contributed by atoms with Gasteiger partial charge in [0.1, 0.15) is 5.82 Å². The molecule has 0 bridgehead atoms. The van der Waals surface area contributed by atoms with E-state index < -0.39 is 6.10 Å². The second-order valence-corrected chi connectivity index (χ2v) is 5.95. The van der Waals surface area contributed by atoms with Crippen molar-refractivity contribution < 1.29 is 14.3 Å². The monoisotopic (exact) mass is 324 g/mol. The molecule has 0 saturated carbocycles.